The van der Waals surface area contributed by atoms with E-state index in [0.29, 0.717) is 17.4 Å². The molecule has 7 nitrogen and oxygen atoms in total. The number of carbonyl (C=O) groups excluding carboxylic acids is 1. The minimum absolute atomic E-state index is 0.395. The van der Waals surface area contributed by atoms with Gasteiger partial charge in [-0.3, -0.25) is 4.79 Å². The smallest absolute Gasteiger partial charge is 0.252 e. The number of amides is 1. The largest absolute Gasteiger partial charge is 0.493 e. The average Bonchev–Trinajstić information content (AvgIpc) is 2.77. The molecule has 1 amide bonds. The first-order chi connectivity index (χ1) is 14.0. The number of nitrogens with zero attached hydrogens (tertiary/aromatic N) is 3. The predicted octanol–water partition coefficient (Wildman–Crippen LogP) is 2.34. The maximum Gasteiger partial charge on any atom is 0.252 e. The summed E-state index contributed by atoms with van der Waals surface area (Å²) in [5.74, 6) is 1.76. The average molecular weight is 399 g/mol. The Morgan fingerprint density at radius 2 is 2.07 bits per heavy atom. The maximum atomic E-state index is 11.8. The Balaban J connectivity index is 1.63. The van der Waals surface area contributed by atoms with E-state index in [1.165, 1.54) is 5.56 Å². The number of hydrogen-bond acceptors (Lipinski definition) is 6. The van der Waals surface area contributed by atoms with E-state index in [0.717, 1.165) is 50.4 Å². The lowest BCUT2D eigenvalue weighted by atomic mass is 10.0. The summed E-state index contributed by atoms with van der Waals surface area (Å²) in [7, 11) is 5.45. The number of likely N-dealkylation sites (N-methyl/N-ethyl adjacent to an activating group) is 1. The fourth-order valence-electron chi connectivity index (χ4n) is 3.87. The van der Waals surface area contributed by atoms with Crippen LogP contribution in [0.5, 0.6) is 11.5 Å². The second-order valence-electron chi connectivity index (χ2n) is 7.40. The highest BCUT2D eigenvalue weighted by molar-refractivity contribution is 5.97. The highest BCUT2D eigenvalue weighted by atomic mass is 16.5. The van der Waals surface area contributed by atoms with E-state index in [1.54, 1.807) is 32.5 Å². The molecule has 1 aromatic heterocycles. The first-order valence-corrected chi connectivity index (χ1v) is 9.94. The number of anilines is 1. The highest BCUT2D eigenvalue weighted by Gasteiger charge is 2.26. The summed E-state index contributed by atoms with van der Waals surface area (Å²) >= 11 is 0. The van der Waals surface area contributed by atoms with Crippen LogP contribution in [0.3, 0.4) is 0 Å². The lowest BCUT2D eigenvalue weighted by Crippen LogP contribution is -2.47. The molecule has 1 fully saturated rings. The Morgan fingerprint density at radius 3 is 2.79 bits per heavy atom. The molecule has 0 spiro atoms. The first-order valence-electron chi connectivity index (χ1n) is 9.94. The van der Waals surface area contributed by atoms with Crippen LogP contribution in [0, 0.1) is 0 Å². The van der Waals surface area contributed by atoms with Gasteiger partial charge in [-0.15, -0.1) is 0 Å². The van der Waals surface area contributed by atoms with Gasteiger partial charge in [0.1, 0.15) is 5.82 Å². The Morgan fingerprint density at radius 1 is 1.28 bits per heavy atom. The number of ether oxygens (including phenoxy) is 2. The Bertz CT molecular complexity index is 843. The van der Waals surface area contributed by atoms with Crippen LogP contribution in [0.15, 0.2) is 36.5 Å². The van der Waals surface area contributed by atoms with Crippen LogP contribution in [0.4, 0.5) is 5.82 Å². The molecule has 1 aromatic carbocycles. The lowest BCUT2D eigenvalue weighted by Gasteiger charge is -2.38. The van der Waals surface area contributed by atoms with Gasteiger partial charge in [0.25, 0.3) is 5.91 Å². The molecule has 7 heteroatoms. The van der Waals surface area contributed by atoms with Crippen LogP contribution in [0.2, 0.25) is 0 Å². The SMILES string of the molecule is COc1ccc(CCN(C)[C@@H]2CCCN(c3ncccc3C(N)=O)C2)cc1OC. The van der Waals surface area contributed by atoms with Gasteiger partial charge in [0.2, 0.25) is 0 Å². The predicted molar refractivity (Wildman–Crippen MR) is 114 cm³/mol. The van der Waals surface area contributed by atoms with E-state index >= 15 is 0 Å². The molecule has 3 rings (SSSR count). The summed E-state index contributed by atoms with van der Waals surface area (Å²) in [6, 6.07) is 9.95. The van der Waals surface area contributed by atoms with E-state index in [1.807, 2.05) is 12.1 Å². The highest BCUT2D eigenvalue weighted by Crippen LogP contribution is 2.28. The number of piperidine rings is 1. The van der Waals surface area contributed by atoms with E-state index in [-0.39, 0.29) is 0 Å². The zero-order valence-corrected chi connectivity index (χ0v) is 17.4. The third-order valence-electron chi connectivity index (χ3n) is 5.57. The maximum absolute atomic E-state index is 11.8. The number of carbonyl (C=O) groups is 1. The topological polar surface area (TPSA) is 80.9 Å². The van der Waals surface area contributed by atoms with E-state index in [9.17, 15) is 4.79 Å². The molecule has 1 atom stereocenters. The summed E-state index contributed by atoms with van der Waals surface area (Å²) in [6.07, 6.45) is 4.81. The molecule has 1 aliphatic rings. The molecule has 0 unspecified atom stereocenters. The number of primary amides is 1. The third-order valence-corrected chi connectivity index (χ3v) is 5.57. The van der Waals surface area contributed by atoms with Crippen LogP contribution >= 0.6 is 0 Å². The van der Waals surface area contributed by atoms with Crippen molar-refractivity contribution in [2.75, 3.05) is 45.8 Å². The number of hydrogen-bond donors (Lipinski definition) is 1. The van der Waals surface area contributed by atoms with Gasteiger partial charge in [-0.2, -0.15) is 0 Å². The monoisotopic (exact) mass is 398 g/mol. The van der Waals surface area contributed by atoms with Crippen molar-refractivity contribution >= 4 is 11.7 Å². The van der Waals surface area contributed by atoms with E-state index in [2.05, 4.69) is 27.9 Å². The van der Waals surface area contributed by atoms with Crippen molar-refractivity contribution in [2.24, 2.45) is 5.73 Å². The summed E-state index contributed by atoms with van der Waals surface area (Å²) in [5.41, 5.74) is 7.24. The molecule has 2 N–H and O–H groups in total. The Kier molecular flexibility index (Phi) is 6.93. The van der Waals surface area contributed by atoms with E-state index in [4.69, 9.17) is 15.2 Å². The fourth-order valence-corrected chi connectivity index (χ4v) is 3.87. The first kappa shape index (κ1) is 20.9. The molecular weight excluding hydrogens is 368 g/mol. The zero-order chi connectivity index (χ0) is 20.8. The Hall–Kier alpha value is -2.80. The number of pyridine rings is 1. The van der Waals surface area contributed by atoms with Crippen molar-refractivity contribution in [3.63, 3.8) is 0 Å². The van der Waals surface area contributed by atoms with Crippen LogP contribution in [-0.2, 0) is 6.42 Å². The molecule has 2 aromatic rings. The number of benzene rings is 1. The minimum atomic E-state index is -0.433. The molecule has 29 heavy (non-hydrogen) atoms. The second kappa shape index (κ2) is 9.60. The van der Waals surface area contributed by atoms with Gasteiger partial charge in [0, 0.05) is 31.9 Å². The molecule has 1 saturated heterocycles. The van der Waals surface area contributed by atoms with Crippen molar-refractivity contribution < 1.29 is 14.3 Å². The molecule has 0 radical (unpaired) electrons. The van der Waals surface area contributed by atoms with Crippen molar-refractivity contribution in [1.82, 2.24) is 9.88 Å². The summed E-state index contributed by atoms with van der Waals surface area (Å²) in [5, 5.41) is 0. The lowest BCUT2D eigenvalue weighted by molar-refractivity contribution is 0.1000. The molecule has 0 bridgehead atoms. The van der Waals surface area contributed by atoms with Gasteiger partial charge in [0.15, 0.2) is 11.5 Å². The minimum Gasteiger partial charge on any atom is -0.493 e. The van der Waals surface area contributed by atoms with Gasteiger partial charge in [-0.25, -0.2) is 4.98 Å². The molecule has 0 saturated carbocycles. The zero-order valence-electron chi connectivity index (χ0n) is 17.4. The molecule has 2 heterocycles. The summed E-state index contributed by atoms with van der Waals surface area (Å²) in [6.45, 7) is 2.65. The standard InChI is InChI=1S/C22H30N4O3/c1-25(13-10-16-8-9-19(28-2)20(14-16)29-3)17-6-5-12-26(15-17)22-18(21(23)27)7-4-11-24-22/h4,7-9,11,14,17H,5-6,10,12-13,15H2,1-3H3,(H2,23,27)/t17-/m1/s1. The van der Waals surface area contributed by atoms with Gasteiger partial charge in [0.05, 0.1) is 19.8 Å². The van der Waals surface area contributed by atoms with Gasteiger partial charge < -0.3 is 25.0 Å². The number of methoxy groups -OCH3 is 2. The van der Waals surface area contributed by atoms with Crippen molar-refractivity contribution in [2.45, 2.75) is 25.3 Å². The van der Waals surface area contributed by atoms with Crippen molar-refractivity contribution in [3.05, 3.63) is 47.7 Å². The number of aromatic nitrogens is 1. The van der Waals surface area contributed by atoms with E-state index < -0.39 is 5.91 Å². The van der Waals surface area contributed by atoms with Crippen LogP contribution in [-0.4, -0.2) is 62.7 Å². The van der Waals surface area contributed by atoms with Crippen LogP contribution in [0.25, 0.3) is 0 Å². The van der Waals surface area contributed by atoms with Gasteiger partial charge in [-0.1, -0.05) is 6.07 Å². The molecular formula is C22H30N4O3. The Labute approximate surface area is 172 Å². The normalized spacial score (nSPS) is 16.7. The fraction of sp³-hybridized carbons (Fsp3) is 0.455. The third kappa shape index (κ3) is 4.98. The number of nitrogens with two attached hydrogens (primary N) is 1. The quantitative estimate of drug-likeness (QED) is 0.735. The number of rotatable bonds is 8. The van der Waals surface area contributed by atoms with Crippen LogP contribution < -0.4 is 20.1 Å². The van der Waals surface area contributed by atoms with Gasteiger partial charge in [-0.05, 0) is 56.1 Å². The van der Waals surface area contributed by atoms with Crippen LogP contribution in [0.1, 0.15) is 28.8 Å². The summed E-state index contributed by atoms with van der Waals surface area (Å²) in [4.78, 5) is 20.8. The second-order valence-corrected chi connectivity index (χ2v) is 7.40. The van der Waals surface area contributed by atoms with Crippen molar-refractivity contribution in [3.8, 4) is 11.5 Å². The van der Waals surface area contributed by atoms with Gasteiger partial charge >= 0.3 is 0 Å². The molecule has 156 valence electrons. The summed E-state index contributed by atoms with van der Waals surface area (Å²) < 4.78 is 10.7. The molecule has 1 aliphatic heterocycles. The molecule has 0 aliphatic carbocycles. The van der Waals surface area contributed by atoms with Crippen molar-refractivity contribution in [1.29, 1.82) is 0 Å².